The van der Waals surface area contributed by atoms with Crippen LogP contribution in [-0.4, -0.2) is 15.9 Å². The second kappa shape index (κ2) is 6.20. The summed E-state index contributed by atoms with van der Waals surface area (Å²) in [5.41, 5.74) is 3.51. The lowest BCUT2D eigenvalue weighted by atomic mass is 10.0. The van der Waals surface area contributed by atoms with Gasteiger partial charge in [0.25, 0.3) is 11.5 Å². The van der Waals surface area contributed by atoms with Crippen LogP contribution in [0.5, 0.6) is 0 Å². The van der Waals surface area contributed by atoms with Crippen molar-refractivity contribution in [2.24, 2.45) is 5.84 Å². The number of amides is 1. The van der Waals surface area contributed by atoms with Crippen LogP contribution in [-0.2, 0) is 6.42 Å². The van der Waals surface area contributed by atoms with Gasteiger partial charge in [-0.3, -0.25) is 15.0 Å². The molecule has 3 aromatic rings. The predicted octanol–water partition coefficient (Wildman–Crippen LogP) is 1.77. The number of carbonyl (C=O) groups is 1. The van der Waals surface area contributed by atoms with E-state index in [0.29, 0.717) is 39.3 Å². The van der Waals surface area contributed by atoms with Crippen LogP contribution in [0.4, 0.5) is 0 Å². The number of hydrazine groups is 1. The maximum atomic E-state index is 12.1. The number of hydrogen-bond acceptors (Lipinski definition) is 4. The highest BCUT2D eigenvalue weighted by molar-refractivity contribution is 6.31. The Kier molecular flexibility index (Phi) is 4.10. The molecule has 0 aliphatic heterocycles. The maximum Gasteiger partial charge on any atom is 0.265 e. The third-order valence-corrected chi connectivity index (χ3v) is 3.70. The molecule has 116 valence electrons. The number of rotatable bonds is 3. The molecule has 1 aromatic heterocycles. The quantitative estimate of drug-likeness (QED) is 0.387. The molecule has 23 heavy (non-hydrogen) atoms. The molecule has 0 saturated heterocycles. The summed E-state index contributed by atoms with van der Waals surface area (Å²) in [5, 5.41) is 0.968. The molecule has 6 nitrogen and oxygen atoms in total. The number of benzene rings is 2. The van der Waals surface area contributed by atoms with Crippen LogP contribution in [0, 0.1) is 0 Å². The SMILES string of the molecule is NNC(=O)c1ccccc1Cc1nc2cc(Cl)ccc2c(=O)[nH]1. The highest BCUT2D eigenvalue weighted by atomic mass is 35.5. The van der Waals surface area contributed by atoms with E-state index in [0.717, 1.165) is 0 Å². The fourth-order valence-corrected chi connectivity index (χ4v) is 2.57. The van der Waals surface area contributed by atoms with Gasteiger partial charge < -0.3 is 4.98 Å². The minimum absolute atomic E-state index is 0.248. The van der Waals surface area contributed by atoms with E-state index in [1.165, 1.54) is 0 Å². The number of hydrogen-bond donors (Lipinski definition) is 3. The van der Waals surface area contributed by atoms with Gasteiger partial charge >= 0.3 is 0 Å². The van der Waals surface area contributed by atoms with Gasteiger partial charge in [-0.1, -0.05) is 29.8 Å². The second-order valence-electron chi connectivity index (χ2n) is 4.98. The van der Waals surface area contributed by atoms with Gasteiger partial charge in [0.2, 0.25) is 0 Å². The third kappa shape index (κ3) is 3.08. The fourth-order valence-electron chi connectivity index (χ4n) is 2.40. The molecule has 0 spiro atoms. The first-order valence-electron chi connectivity index (χ1n) is 6.86. The first-order valence-corrected chi connectivity index (χ1v) is 7.23. The minimum Gasteiger partial charge on any atom is -0.310 e. The van der Waals surface area contributed by atoms with E-state index in [-0.39, 0.29) is 5.56 Å². The number of nitrogens with one attached hydrogen (secondary N) is 2. The minimum atomic E-state index is -0.396. The lowest BCUT2D eigenvalue weighted by Gasteiger charge is -2.08. The van der Waals surface area contributed by atoms with Gasteiger partial charge in [-0.05, 0) is 29.8 Å². The summed E-state index contributed by atoms with van der Waals surface area (Å²) in [6.45, 7) is 0. The Bertz CT molecular complexity index is 952. The molecule has 0 radical (unpaired) electrons. The number of carbonyl (C=O) groups excluding carboxylic acids is 1. The van der Waals surface area contributed by atoms with Crippen molar-refractivity contribution in [3.8, 4) is 0 Å². The van der Waals surface area contributed by atoms with Crippen molar-refractivity contribution in [1.29, 1.82) is 0 Å². The summed E-state index contributed by atoms with van der Waals surface area (Å²) in [5.74, 6) is 5.24. The zero-order valence-electron chi connectivity index (χ0n) is 12.0. The van der Waals surface area contributed by atoms with Crippen LogP contribution >= 0.6 is 11.6 Å². The van der Waals surface area contributed by atoms with Gasteiger partial charge in [0.15, 0.2) is 0 Å². The summed E-state index contributed by atoms with van der Waals surface area (Å²) < 4.78 is 0. The first kappa shape index (κ1) is 15.2. The summed E-state index contributed by atoms with van der Waals surface area (Å²) in [7, 11) is 0. The molecule has 0 atom stereocenters. The average Bonchev–Trinajstić information content (AvgIpc) is 2.54. The van der Waals surface area contributed by atoms with Crippen LogP contribution in [0.3, 0.4) is 0 Å². The molecule has 4 N–H and O–H groups in total. The van der Waals surface area contributed by atoms with Crippen molar-refractivity contribution < 1.29 is 4.79 Å². The highest BCUT2D eigenvalue weighted by Gasteiger charge is 2.12. The Labute approximate surface area is 136 Å². The smallest absolute Gasteiger partial charge is 0.265 e. The number of aromatic amines is 1. The molecular weight excluding hydrogens is 316 g/mol. The molecule has 0 fully saturated rings. The monoisotopic (exact) mass is 328 g/mol. The number of halogens is 1. The molecule has 3 rings (SSSR count). The van der Waals surface area contributed by atoms with Crippen molar-refractivity contribution in [1.82, 2.24) is 15.4 Å². The van der Waals surface area contributed by atoms with Crippen LogP contribution in [0.25, 0.3) is 10.9 Å². The van der Waals surface area contributed by atoms with Gasteiger partial charge in [0.05, 0.1) is 10.9 Å². The third-order valence-electron chi connectivity index (χ3n) is 3.47. The van der Waals surface area contributed by atoms with Crippen molar-refractivity contribution >= 4 is 28.4 Å². The summed E-state index contributed by atoms with van der Waals surface area (Å²) in [6, 6.07) is 11.9. The van der Waals surface area contributed by atoms with E-state index >= 15 is 0 Å². The molecular formula is C16H13ClN4O2. The molecule has 0 unspecified atom stereocenters. The van der Waals surface area contributed by atoms with Crippen LogP contribution in [0.2, 0.25) is 5.02 Å². The molecule has 1 amide bonds. The number of aromatic nitrogens is 2. The van der Waals surface area contributed by atoms with Crippen LogP contribution in [0.1, 0.15) is 21.7 Å². The van der Waals surface area contributed by atoms with Crippen molar-refractivity contribution in [2.75, 3.05) is 0 Å². The number of nitrogens with zero attached hydrogens (tertiary/aromatic N) is 1. The lowest BCUT2D eigenvalue weighted by molar-refractivity contribution is 0.0953. The summed E-state index contributed by atoms with van der Waals surface area (Å²) in [6.07, 6.45) is 0.293. The van der Waals surface area contributed by atoms with E-state index < -0.39 is 5.91 Å². The standard InChI is InChI=1S/C16H13ClN4O2/c17-10-5-6-12-13(8-10)19-14(20-15(12)22)7-9-3-1-2-4-11(9)16(23)21-18/h1-6,8H,7,18H2,(H,21,23)(H,19,20,22). The highest BCUT2D eigenvalue weighted by Crippen LogP contribution is 2.16. The van der Waals surface area contributed by atoms with Gasteiger partial charge in [-0.25, -0.2) is 10.8 Å². The van der Waals surface area contributed by atoms with Gasteiger partial charge in [-0.2, -0.15) is 0 Å². The van der Waals surface area contributed by atoms with Crippen LogP contribution < -0.4 is 16.8 Å². The lowest BCUT2D eigenvalue weighted by Crippen LogP contribution is -2.30. The zero-order chi connectivity index (χ0) is 16.4. The van der Waals surface area contributed by atoms with E-state index in [4.69, 9.17) is 17.4 Å². The second-order valence-corrected chi connectivity index (χ2v) is 5.42. The van der Waals surface area contributed by atoms with E-state index in [2.05, 4.69) is 15.4 Å². The van der Waals surface area contributed by atoms with E-state index in [1.54, 1.807) is 42.5 Å². The summed E-state index contributed by atoms with van der Waals surface area (Å²) >= 11 is 5.95. The molecule has 0 aliphatic carbocycles. The molecule has 1 heterocycles. The average molecular weight is 329 g/mol. The predicted molar refractivity (Wildman–Crippen MR) is 88.3 cm³/mol. The normalized spacial score (nSPS) is 10.7. The van der Waals surface area contributed by atoms with Crippen molar-refractivity contribution in [2.45, 2.75) is 6.42 Å². The van der Waals surface area contributed by atoms with Crippen LogP contribution in [0.15, 0.2) is 47.3 Å². The largest absolute Gasteiger partial charge is 0.310 e. The molecule has 0 saturated carbocycles. The fraction of sp³-hybridized carbons (Fsp3) is 0.0625. The maximum absolute atomic E-state index is 12.1. The summed E-state index contributed by atoms with van der Waals surface area (Å²) in [4.78, 5) is 31.1. The van der Waals surface area contributed by atoms with Gasteiger partial charge in [0.1, 0.15) is 5.82 Å². The van der Waals surface area contributed by atoms with Crippen molar-refractivity contribution in [3.05, 3.63) is 74.8 Å². The zero-order valence-corrected chi connectivity index (χ0v) is 12.7. The molecule has 2 aromatic carbocycles. The topological polar surface area (TPSA) is 101 Å². The Morgan fingerprint density at radius 1 is 1.26 bits per heavy atom. The Hall–Kier alpha value is -2.70. The van der Waals surface area contributed by atoms with Crippen molar-refractivity contribution in [3.63, 3.8) is 0 Å². The molecule has 7 heteroatoms. The van der Waals surface area contributed by atoms with Gasteiger partial charge in [-0.15, -0.1) is 0 Å². The number of nitrogen functional groups attached to an aromatic ring is 1. The number of fused-ring (bicyclic) bond motifs is 1. The Morgan fingerprint density at radius 3 is 2.83 bits per heavy atom. The first-order chi connectivity index (χ1) is 11.1. The van der Waals surface area contributed by atoms with E-state index in [1.807, 2.05) is 0 Å². The Morgan fingerprint density at radius 2 is 2.04 bits per heavy atom. The van der Waals surface area contributed by atoms with E-state index in [9.17, 15) is 9.59 Å². The Balaban J connectivity index is 2.06. The van der Waals surface area contributed by atoms with Gasteiger partial charge in [0, 0.05) is 17.0 Å². The molecule has 0 aliphatic rings. The number of H-pyrrole nitrogens is 1. The molecule has 0 bridgehead atoms. The number of nitrogens with two attached hydrogens (primary N) is 1.